The van der Waals surface area contributed by atoms with Crippen LogP contribution in [0.5, 0.6) is 0 Å². The summed E-state index contributed by atoms with van der Waals surface area (Å²) in [6.07, 6.45) is 3.00. The van der Waals surface area contributed by atoms with Gasteiger partial charge in [-0.2, -0.15) is 14.6 Å². The number of fused-ring (bicyclic) bond motifs is 1. The van der Waals surface area contributed by atoms with Crippen molar-refractivity contribution in [2.75, 3.05) is 25.0 Å². The van der Waals surface area contributed by atoms with Crippen LogP contribution in [0.4, 0.5) is 5.82 Å². The summed E-state index contributed by atoms with van der Waals surface area (Å²) in [4.78, 5) is 11.2. The zero-order valence-corrected chi connectivity index (χ0v) is 14.4. The molecule has 126 valence electrons. The Balaban J connectivity index is 1.69. The predicted molar refractivity (Wildman–Crippen MR) is 89.7 cm³/mol. The average Bonchev–Trinajstić information content (AvgIpc) is 2.99. The Morgan fingerprint density at radius 2 is 2.09 bits per heavy atom. The van der Waals surface area contributed by atoms with Gasteiger partial charge in [0.05, 0.1) is 12.2 Å². The zero-order chi connectivity index (χ0) is 16.4. The number of nitrogens with one attached hydrogen (secondary N) is 1. The summed E-state index contributed by atoms with van der Waals surface area (Å²) in [5, 5.41) is 7.77. The van der Waals surface area contributed by atoms with Crippen molar-refractivity contribution in [3.05, 3.63) is 18.1 Å². The SMILES string of the molecule is CCc1cc(NC[C@H](C)N2C[C@@H](C)O[C@@H](C)C2)n2ncnc2n1. The summed E-state index contributed by atoms with van der Waals surface area (Å²) in [6, 6.07) is 2.47. The number of nitrogens with zero attached hydrogens (tertiary/aromatic N) is 5. The van der Waals surface area contributed by atoms with Crippen LogP contribution in [0.15, 0.2) is 12.4 Å². The van der Waals surface area contributed by atoms with Crippen LogP contribution in [0.2, 0.25) is 0 Å². The number of rotatable bonds is 5. The van der Waals surface area contributed by atoms with E-state index in [-0.39, 0.29) is 12.2 Å². The van der Waals surface area contributed by atoms with E-state index in [1.807, 2.05) is 0 Å². The van der Waals surface area contributed by atoms with Gasteiger partial charge in [-0.15, -0.1) is 0 Å². The first kappa shape index (κ1) is 16.1. The second-order valence-corrected chi connectivity index (χ2v) is 6.40. The molecule has 7 nitrogen and oxygen atoms in total. The summed E-state index contributed by atoms with van der Waals surface area (Å²) in [6.45, 7) is 11.4. The fourth-order valence-electron chi connectivity index (χ4n) is 3.13. The van der Waals surface area contributed by atoms with Crippen molar-refractivity contribution in [1.82, 2.24) is 24.5 Å². The quantitative estimate of drug-likeness (QED) is 0.903. The number of hydrogen-bond donors (Lipinski definition) is 1. The lowest BCUT2D eigenvalue weighted by molar-refractivity contribution is -0.0769. The van der Waals surface area contributed by atoms with Gasteiger partial charge in [0.1, 0.15) is 12.1 Å². The molecule has 0 unspecified atom stereocenters. The lowest BCUT2D eigenvalue weighted by Gasteiger charge is -2.39. The van der Waals surface area contributed by atoms with Crippen LogP contribution in [0, 0.1) is 0 Å². The third-order valence-electron chi connectivity index (χ3n) is 4.32. The Kier molecular flexibility index (Phi) is 4.77. The summed E-state index contributed by atoms with van der Waals surface area (Å²) < 4.78 is 7.57. The third kappa shape index (κ3) is 3.61. The van der Waals surface area contributed by atoms with Gasteiger partial charge >= 0.3 is 0 Å². The van der Waals surface area contributed by atoms with E-state index in [9.17, 15) is 0 Å². The standard InChI is InChI=1S/C16H26N6O/c1-5-14-6-15(22-16(20-14)18-10-19-22)17-7-11(2)21-8-12(3)23-13(4)9-21/h6,10-13,17H,5,7-9H2,1-4H3/t11-,12-,13+/m0/s1. The molecule has 0 amide bonds. The van der Waals surface area contributed by atoms with Crippen LogP contribution in [0.1, 0.15) is 33.4 Å². The third-order valence-corrected chi connectivity index (χ3v) is 4.32. The maximum absolute atomic E-state index is 5.81. The molecular weight excluding hydrogens is 292 g/mol. The minimum atomic E-state index is 0.288. The molecule has 0 aromatic carbocycles. The minimum absolute atomic E-state index is 0.288. The van der Waals surface area contributed by atoms with E-state index in [1.165, 1.54) is 0 Å². The molecule has 1 N–H and O–H groups in total. The molecule has 0 radical (unpaired) electrons. The molecule has 0 aliphatic carbocycles. The maximum atomic E-state index is 5.81. The number of hydrogen-bond acceptors (Lipinski definition) is 6. The maximum Gasteiger partial charge on any atom is 0.254 e. The van der Waals surface area contributed by atoms with Gasteiger partial charge in [0.25, 0.3) is 5.78 Å². The van der Waals surface area contributed by atoms with E-state index in [0.717, 1.165) is 37.6 Å². The smallest absolute Gasteiger partial charge is 0.254 e. The van der Waals surface area contributed by atoms with E-state index < -0.39 is 0 Å². The average molecular weight is 318 g/mol. The van der Waals surface area contributed by atoms with Gasteiger partial charge in [-0.1, -0.05) is 6.92 Å². The molecule has 0 bridgehead atoms. The normalized spacial score (nSPS) is 24.0. The molecule has 23 heavy (non-hydrogen) atoms. The van der Waals surface area contributed by atoms with Crippen molar-refractivity contribution < 1.29 is 4.74 Å². The zero-order valence-electron chi connectivity index (χ0n) is 14.4. The summed E-state index contributed by atoms with van der Waals surface area (Å²) in [5.74, 6) is 1.60. The molecule has 1 aliphatic rings. The van der Waals surface area contributed by atoms with Gasteiger partial charge in [-0.25, -0.2) is 4.98 Å². The summed E-state index contributed by atoms with van der Waals surface area (Å²) >= 11 is 0. The van der Waals surface area contributed by atoms with Gasteiger partial charge in [0.2, 0.25) is 0 Å². The highest BCUT2D eigenvalue weighted by atomic mass is 16.5. The first-order valence-electron chi connectivity index (χ1n) is 8.39. The molecular formula is C16H26N6O. The Morgan fingerprint density at radius 3 is 2.78 bits per heavy atom. The fourth-order valence-corrected chi connectivity index (χ4v) is 3.13. The predicted octanol–water partition coefficient (Wildman–Crippen LogP) is 1.60. The van der Waals surface area contributed by atoms with Crippen LogP contribution in [-0.4, -0.2) is 62.4 Å². The fraction of sp³-hybridized carbons (Fsp3) is 0.688. The monoisotopic (exact) mass is 318 g/mol. The molecule has 0 spiro atoms. The minimum Gasteiger partial charge on any atom is -0.373 e. The van der Waals surface area contributed by atoms with Crippen LogP contribution in [-0.2, 0) is 11.2 Å². The van der Waals surface area contributed by atoms with Gasteiger partial charge in [-0.05, 0) is 27.2 Å². The Hall–Kier alpha value is -1.73. The van der Waals surface area contributed by atoms with E-state index in [1.54, 1.807) is 10.8 Å². The molecule has 0 saturated carbocycles. The molecule has 1 saturated heterocycles. The van der Waals surface area contributed by atoms with Crippen LogP contribution >= 0.6 is 0 Å². The van der Waals surface area contributed by atoms with Gasteiger partial charge in [-0.3, -0.25) is 4.90 Å². The molecule has 2 aromatic rings. The van der Waals surface area contributed by atoms with E-state index in [4.69, 9.17) is 4.74 Å². The molecule has 3 rings (SSSR count). The van der Waals surface area contributed by atoms with Crippen molar-refractivity contribution in [2.45, 2.75) is 52.4 Å². The van der Waals surface area contributed by atoms with Gasteiger partial charge < -0.3 is 10.1 Å². The van der Waals surface area contributed by atoms with Gasteiger partial charge in [0.15, 0.2) is 0 Å². The van der Waals surface area contributed by atoms with Crippen molar-refractivity contribution in [1.29, 1.82) is 0 Å². The summed E-state index contributed by atoms with van der Waals surface area (Å²) in [7, 11) is 0. The highest BCUT2D eigenvalue weighted by Gasteiger charge is 2.25. The Morgan fingerprint density at radius 1 is 1.35 bits per heavy atom. The molecule has 1 fully saturated rings. The lowest BCUT2D eigenvalue weighted by Crippen LogP contribution is -2.51. The van der Waals surface area contributed by atoms with Gasteiger partial charge in [0, 0.05) is 37.4 Å². The Bertz CT molecular complexity index is 647. The van der Waals surface area contributed by atoms with E-state index in [2.05, 4.69) is 59.0 Å². The number of aromatic nitrogens is 4. The van der Waals surface area contributed by atoms with E-state index in [0.29, 0.717) is 11.8 Å². The molecule has 1 aliphatic heterocycles. The van der Waals surface area contributed by atoms with Crippen molar-refractivity contribution in [2.24, 2.45) is 0 Å². The van der Waals surface area contributed by atoms with Crippen LogP contribution < -0.4 is 5.32 Å². The van der Waals surface area contributed by atoms with Crippen molar-refractivity contribution in [3.8, 4) is 0 Å². The second-order valence-electron chi connectivity index (χ2n) is 6.40. The number of ether oxygens (including phenoxy) is 1. The van der Waals surface area contributed by atoms with Crippen LogP contribution in [0.25, 0.3) is 5.78 Å². The van der Waals surface area contributed by atoms with Crippen molar-refractivity contribution in [3.63, 3.8) is 0 Å². The number of morpholine rings is 1. The van der Waals surface area contributed by atoms with Crippen LogP contribution in [0.3, 0.4) is 0 Å². The molecule has 7 heteroatoms. The van der Waals surface area contributed by atoms with E-state index >= 15 is 0 Å². The Labute approximate surface area is 137 Å². The largest absolute Gasteiger partial charge is 0.373 e. The topological polar surface area (TPSA) is 67.6 Å². The number of anilines is 1. The first-order chi connectivity index (χ1) is 11.1. The molecule has 3 atom stereocenters. The van der Waals surface area contributed by atoms with Crippen molar-refractivity contribution >= 4 is 11.6 Å². The highest BCUT2D eigenvalue weighted by molar-refractivity contribution is 5.45. The lowest BCUT2D eigenvalue weighted by atomic mass is 10.1. The number of aryl methyl sites for hydroxylation is 1. The summed E-state index contributed by atoms with van der Waals surface area (Å²) in [5.41, 5.74) is 1.02. The highest BCUT2D eigenvalue weighted by Crippen LogP contribution is 2.15. The molecule has 2 aromatic heterocycles. The second kappa shape index (κ2) is 6.80. The first-order valence-corrected chi connectivity index (χ1v) is 8.39. The molecule has 3 heterocycles.